The number of fused-ring (bicyclic) bond motifs is 2. The number of nitrogens with one attached hydrogen (secondary N) is 1. The molecule has 1 N–H and O–H groups in total. The normalized spacial score (nSPS) is 15.6. The maximum absolute atomic E-state index is 13.5. The van der Waals surface area contributed by atoms with Crippen LogP contribution < -0.4 is 18.9 Å². The molecular weight excluding hydrogens is 502 g/mol. The molecule has 0 spiro atoms. The third-order valence-electron chi connectivity index (χ3n) is 5.46. The molecule has 1 aliphatic rings. The minimum Gasteiger partial charge on any atom is -0.492 e. The maximum Gasteiger partial charge on any atom is 0.507 e. The van der Waals surface area contributed by atoms with Gasteiger partial charge in [-0.2, -0.15) is 17.6 Å². The third kappa shape index (κ3) is 4.48. The van der Waals surface area contributed by atoms with Crippen molar-refractivity contribution in [2.75, 3.05) is 7.11 Å². The van der Waals surface area contributed by atoms with Gasteiger partial charge in [-0.25, -0.2) is 4.98 Å². The highest BCUT2D eigenvalue weighted by molar-refractivity contribution is 7.98. The van der Waals surface area contributed by atoms with Gasteiger partial charge in [0.2, 0.25) is 0 Å². The summed E-state index contributed by atoms with van der Waals surface area (Å²) in [5, 5.41) is 0.426. The molecule has 0 radical (unpaired) electrons. The van der Waals surface area contributed by atoms with E-state index in [0.717, 1.165) is 29.0 Å². The fourth-order valence-electron chi connectivity index (χ4n) is 3.60. The zero-order chi connectivity index (χ0) is 25.5. The molecular formula is C24H19F4N3O4S. The molecule has 0 saturated heterocycles. The Bertz CT molecular complexity index is 1360. The van der Waals surface area contributed by atoms with Crippen molar-refractivity contribution in [1.82, 2.24) is 15.0 Å². The Hall–Kier alpha value is -3.67. The molecule has 36 heavy (non-hydrogen) atoms. The number of aromatic nitrogens is 3. The number of thioether (sulfide) groups is 1. The van der Waals surface area contributed by atoms with E-state index >= 15 is 0 Å². The largest absolute Gasteiger partial charge is 0.507 e. The first-order valence-corrected chi connectivity index (χ1v) is 11.6. The summed E-state index contributed by atoms with van der Waals surface area (Å²) < 4.78 is 73.7. The molecule has 0 fully saturated rings. The fourth-order valence-corrected chi connectivity index (χ4v) is 4.51. The van der Waals surface area contributed by atoms with Crippen LogP contribution in [-0.2, 0) is 12.4 Å². The summed E-state index contributed by atoms with van der Waals surface area (Å²) in [6.07, 6.45) is -7.99. The molecule has 2 aromatic heterocycles. The Morgan fingerprint density at radius 2 is 1.72 bits per heavy atom. The van der Waals surface area contributed by atoms with Crippen LogP contribution in [0.3, 0.4) is 0 Å². The van der Waals surface area contributed by atoms with E-state index in [1.54, 1.807) is 13.3 Å². The van der Waals surface area contributed by atoms with Crippen LogP contribution in [0.2, 0.25) is 0 Å². The van der Waals surface area contributed by atoms with E-state index in [2.05, 4.69) is 24.4 Å². The van der Waals surface area contributed by atoms with Crippen LogP contribution >= 0.6 is 11.8 Å². The van der Waals surface area contributed by atoms with Crippen molar-refractivity contribution in [2.24, 2.45) is 0 Å². The van der Waals surface area contributed by atoms with Crippen molar-refractivity contribution in [3.63, 3.8) is 0 Å². The number of aromatic amines is 1. The molecule has 12 heteroatoms. The van der Waals surface area contributed by atoms with Crippen LogP contribution in [0, 0.1) is 6.92 Å². The Balaban J connectivity index is 1.32. The lowest BCUT2D eigenvalue weighted by Gasteiger charge is -2.31. The van der Waals surface area contributed by atoms with Crippen LogP contribution in [-0.4, -0.2) is 34.3 Å². The molecule has 4 aromatic rings. The second kappa shape index (κ2) is 9.08. The number of pyridine rings is 1. The third-order valence-corrected chi connectivity index (χ3v) is 6.35. The molecule has 5 rings (SSSR count). The lowest BCUT2D eigenvalue weighted by molar-refractivity contribution is -0.391. The number of H-pyrrole nitrogens is 1. The first-order chi connectivity index (χ1) is 17.2. The van der Waals surface area contributed by atoms with Gasteiger partial charge in [-0.15, -0.1) is 0 Å². The van der Waals surface area contributed by atoms with Gasteiger partial charge in [0.1, 0.15) is 6.61 Å². The van der Waals surface area contributed by atoms with Crippen molar-refractivity contribution in [1.29, 1.82) is 0 Å². The lowest BCUT2D eigenvalue weighted by atomic mass is 10.2. The molecule has 7 nitrogen and oxygen atoms in total. The Morgan fingerprint density at radius 1 is 1.03 bits per heavy atom. The van der Waals surface area contributed by atoms with Crippen molar-refractivity contribution >= 4 is 22.8 Å². The van der Waals surface area contributed by atoms with Gasteiger partial charge in [0, 0.05) is 23.4 Å². The van der Waals surface area contributed by atoms with E-state index in [4.69, 9.17) is 9.47 Å². The highest BCUT2D eigenvalue weighted by Gasteiger charge is 2.66. The van der Waals surface area contributed by atoms with Crippen molar-refractivity contribution < 1.29 is 36.5 Å². The molecule has 0 atom stereocenters. The zero-order valence-corrected chi connectivity index (χ0v) is 19.8. The predicted octanol–water partition coefficient (Wildman–Crippen LogP) is 6.10. The quantitative estimate of drug-likeness (QED) is 0.233. The molecule has 3 heterocycles. The standard InChI is InChI=1S/C24H19F4N3O4S/c1-13-17(29-10-20(21(13)32-2)33-11-14-6-4-3-5-7-14)12-36-22-30-15-8-18-19(9-16(15)31-22)35-24(27,28)23(25,26)34-18/h3-10H,11-12H2,1-2H3,(H,30,31). The van der Waals surface area contributed by atoms with Crippen LogP contribution in [0.5, 0.6) is 23.0 Å². The van der Waals surface area contributed by atoms with Crippen molar-refractivity contribution in [2.45, 2.75) is 36.7 Å². The summed E-state index contributed by atoms with van der Waals surface area (Å²) >= 11 is 1.29. The number of imidazole rings is 1. The second-order valence-corrected chi connectivity index (χ2v) is 8.85. The zero-order valence-electron chi connectivity index (χ0n) is 19.0. The SMILES string of the molecule is COc1c(OCc2ccccc2)cnc(CSc2nc3cc4c(cc3[nH]2)OC(F)(F)C(F)(F)O4)c1C. The summed E-state index contributed by atoms with van der Waals surface area (Å²) in [5.74, 6) is 0.436. The smallest absolute Gasteiger partial charge is 0.492 e. The summed E-state index contributed by atoms with van der Waals surface area (Å²) in [5.41, 5.74) is 3.09. The van der Waals surface area contributed by atoms with Gasteiger partial charge < -0.3 is 23.9 Å². The molecule has 1 aliphatic heterocycles. The first-order valence-electron chi connectivity index (χ1n) is 10.7. The topological polar surface area (TPSA) is 78.5 Å². The molecule has 0 bridgehead atoms. The molecule has 0 aliphatic carbocycles. The van der Waals surface area contributed by atoms with Crippen molar-refractivity contribution in [3.8, 4) is 23.0 Å². The highest BCUT2D eigenvalue weighted by atomic mass is 32.2. The number of halogens is 4. The summed E-state index contributed by atoms with van der Waals surface area (Å²) in [7, 11) is 1.55. The van der Waals surface area contributed by atoms with E-state index in [-0.39, 0.29) is 5.52 Å². The van der Waals surface area contributed by atoms with Gasteiger partial charge in [0.05, 0.1) is 30.0 Å². The molecule has 0 amide bonds. The molecule has 188 valence electrons. The van der Waals surface area contributed by atoms with Crippen LogP contribution in [0.1, 0.15) is 16.8 Å². The van der Waals surface area contributed by atoms with Gasteiger partial charge in [-0.1, -0.05) is 42.1 Å². The molecule has 0 saturated carbocycles. The van der Waals surface area contributed by atoms with Crippen molar-refractivity contribution in [3.05, 3.63) is 65.5 Å². The number of hydrogen-bond acceptors (Lipinski definition) is 7. The average molecular weight is 521 g/mol. The number of rotatable bonds is 7. The Labute approximate surface area is 206 Å². The number of alkyl halides is 4. The number of ether oxygens (including phenoxy) is 4. The van der Waals surface area contributed by atoms with Gasteiger partial charge >= 0.3 is 12.2 Å². The summed E-state index contributed by atoms with van der Waals surface area (Å²) in [6.45, 7) is 2.22. The maximum atomic E-state index is 13.5. The number of hydrogen-bond donors (Lipinski definition) is 1. The lowest BCUT2D eigenvalue weighted by Crippen LogP contribution is -2.52. The van der Waals surface area contributed by atoms with Gasteiger partial charge in [0.15, 0.2) is 28.2 Å². The van der Waals surface area contributed by atoms with Gasteiger partial charge in [0.25, 0.3) is 0 Å². The molecule has 2 aromatic carbocycles. The number of benzene rings is 2. The van der Waals surface area contributed by atoms with E-state index < -0.39 is 23.7 Å². The number of nitrogens with zero attached hydrogens (tertiary/aromatic N) is 2. The van der Waals surface area contributed by atoms with Crippen LogP contribution in [0.15, 0.2) is 53.8 Å². The van der Waals surface area contributed by atoms with E-state index in [1.807, 2.05) is 37.3 Å². The Kier molecular flexibility index (Phi) is 6.07. The second-order valence-electron chi connectivity index (χ2n) is 7.89. The van der Waals surface area contributed by atoms with Crippen LogP contribution in [0.4, 0.5) is 17.6 Å². The molecule has 0 unspecified atom stereocenters. The van der Waals surface area contributed by atoms with Crippen LogP contribution in [0.25, 0.3) is 11.0 Å². The highest BCUT2D eigenvalue weighted by Crippen LogP contribution is 2.48. The van der Waals surface area contributed by atoms with E-state index in [0.29, 0.717) is 34.5 Å². The Morgan fingerprint density at radius 3 is 2.42 bits per heavy atom. The summed E-state index contributed by atoms with van der Waals surface area (Å²) in [4.78, 5) is 11.8. The summed E-state index contributed by atoms with van der Waals surface area (Å²) in [6, 6.07) is 12.0. The van der Waals surface area contributed by atoms with Gasteiger partial charge in [-0.05, 0) is 12.5 Å². The minimum atomic E-state index is -4.79. The average Bonchev–Trinajstić information content (AvgIpc) is 3.23. The van der Waals surface area contributed by atoms with E-state index in [1.165, 1.54) is 11.8 Å². The van der Waals surface area contributed by atoms with E-state index in [9.17, 15) is 17.6 Å². The monoisotopic (exact) mass is 521 g/mol. The number of methoxy groups -OCH3 is 1. The fraction of sp³-hybridized carbons (Fsp3) is 0.250. The first kappa shape index (κ1) is 24.0. The minimum absolute atomic E-state index is 0.257. The predicted molar refractivity (Wildman–Crippen MR) is 123 cm³/mol. The van der Waals surface area contributed by atoms with Gasteiger partial charge in [-0.3, -0.25) is 4.98 Å².